The third-order valence-corrected chi connectivity index (χ3v) is 4.42. The topological polar surface area (TPSA) is 77.0 Å². The number of nitrogens with one attached hydrogen (secondary N) is 1. The van der Waals surface area contributed by atoms with Gasteiger partial charge in [0, 0.05) is 24.1 Å². The van der Waals surface area contributed by atoms with Gasteiger partial charge in [0.05, 0.1) is 13.2 Å². The molecule has 0 unspecified atom stereocenters. The highest BCUT2D eigenvalue weighted by Crippen LogP contribution is 2.36. The maximum absolute atomic E-state index is 12.3. The Bertz CT molecular complexity index is 574. The number of fused-ring (bicyclic) bond motifs is 1. The van der Waals surface area contributed by atoms with Crippen molar-refractivity contribution in [3.63, 3.8) is 0 Å². The second kappa shape index (κ2) is 7.08. The van der Waals surface area contributed by atoms with E-state index in [2.05, 4.69) is 5.32 Å². The number of hydrogen-bond acceptors (Lipinski definition) is 5. The molecule has 6 nitrogen and oxygen atoms in total. The Morgan fingerprint density at radius 1 is 1.30 bits per heavy atom. The lowest BCUT2D eigenvalue weighted by Gasteiger charge is -2.25. The Morgan fingerprint density at radius 2 is 2.04 bits per heavy atom. The molecule has 0 saturated heterocycles. The second-order valence-corrected chi connectivity index (χ2v) is 6.04. The molecule has 2 atom stereocenters. The second-order valence-electron chi connectivity index (χ2n) is 6.04. The van der Waals surface area contributed by atoms with E-state index in [4.69, 9.17) is 14.2 Å². The van der Waals surface area contributed by atoms with Gasteiger partial charge in [-0.2, -0.15) is 0 Å². The summed E-state index contributed by atoms with van der Waals surface area (Å²) in [6.45, 7) is 1.41. The summed E-state index contributed by atoms with van der Waals surface area (Å²) in [6, 6.07) is 3.64. The fraction of sp³-hybridized carbons (Fsp3) is 0.588. The molecule has 2 N–H and O–H groups in total. The average molecular weight is 321 g/mol. The molecule has 0 spiro atoms. The lowest BCUT2D eigenvalue weighted by molar-refractivity contribution is -0.127. The van der Waals surface area contributed by atoms with E-state index in [1.807, 2.05) is 6.07 Å². The van der Waals surface area contributed by atoms with E-state index in [9.17, 15) is 9.90 Å². The third kappa shape index (κ3) is 3.69. The van der Waals surface area contributed by atoms with Crippen LogP contribution in [-0.2, 0) is 11.3 Å². The van der Waals surface area contributed by atoms with Crippen molar-refractivity contribution in [2.45, 2.75) is 38.3 Å². The van der Waals surface area contributed by atoms with Gasteiger partial charge in [-0.05, 0) is 25.3 Å². The van der Waals surface area contributed by atoms with Gasteiger partial charge >= 0.3 is 0 Å². The maximum Gasteiger partial charge on any atom is 0.223 e. The zero-order valence-corrected chi connectivity index (χ0v) is 13.3. The summed E-state index contributed by atoms with van der Waals surface area (Å²) in [6.07, 6.45) is 2.71. The minimum atomic E-state index is -0.358. The molecule has 1 amide bonds. The number of ether oxygens (including phenoxy) is 3. The number of hydrogen-bond donors (Lipinski definition) is 2. The molecule has 126 valence electrons. The van der Waals surface area contributed by atoms with E-state index >= 15 is 0 Å². The Kier molecular flexibility index (Phi) is 4.91. The standard InChI is InChI=1S/C17H23NO5/c1-21-14-9-16-15(22-5-6-23-16)8-12(14)10-18-17(20)11-3-2-4-13(19)7-11/h8-9,11,13,19H,2-7,10H2,1H3,(H,18,20)/t11-,13+/m0/s1. The Balaban J connectivity index is 1.66. The van der Waals surface area contributed by atoms with Gasteiger partial charge in [0.2, 0.25) is 5.91 Å². The van der Waals surface area contributed by atoms with Gasteiger partial charge in [-0.1, -0.05) is 6.42 Å². The summed E-state index contributed by atoms with van der Waals surface area (Å²) < 4.78 is 16.5. The highest BCUT2D eigenvalue weighted by atomic mass is 16.6. The van der Waals surface area contributed by atoms with E-state index in [0.29, 0.717) is 43.4 Å². The minimum absolute atomic E-state index is 0.0132. The van der Waals surface area contributed by atoms with E-state index in [0.717, 1.165) is 24.8 Å². The van der Waals surface area contributed by atoms with Gasteiger partial charge in [0.1, 0.15) is 19.0 Å². The predicted molar refractivity (Wildman–Crippen MR) is 83.8 cm³/mol. The molecule has 3 rings (SSSR count). The Morgan fingerprint density at radius 3 is 2.74 bits per heavy atom. The first kappa shape index (κ1) is 15.9. The van der Waals surface area contributed by atoms with Crippen LogP contribution in [0, 0.1) is 5.92 Å². The van der Waals surface area contributed by atoms with Crippen LogP contribution in [0.25, 0.3) is 0 Å². The lowest BCUT2D eigenvalue weighted by atomic mass is 9.86. The monoisotopic (exact) mass is 321 g/mol. The smallest absolute Gasteiger partial charge is 0.223 e. The zero-order valence-electron chi connectivity index (χ0n) is 13.3. The quantitative estimate of drug-likeness (QED) is 0.881. The Labute approximate surface area is 135 Å². The van der Waals surface area contributed by atoms with Crippen molar-refractivity contribution in [1.29, 1.82) is 0 Å². The first-order valence-electron chi connectivity index (χ1n) is 8.09. The third-order valence-electron chi connectivity index (χ3n) is 4.42. The van der Waals surface area contributed by atoms with E-state index in [-0.39, 0.29) is 17.9 Å². The molecular formula is C17H23NO5. The van der Waals surface area contributed by atoms with Crippen molar-refractivity contribution < 1.29 is 24.1 Å². The van der Waals surface area contributed by atoms with Crippen LogP contribution in [0.2, 0.25) is 0 Å². The van der Waals surface area contributed by atoms with Crippen LogP contribution in [0.3, 0.4) is 0 Å². The minimum Gasteiger partial charge on any atom is -0.496 e. The molecule has 1 aromatic carbocycles. The largest absolute Gasteiger partial charge is 0.496 e. The molecule has 0 aromatic heterocycles. The molecule has 1 aliphatic carbocycles. The fourth-order valence-electron chi connectivity index (χ4n) is 3.17. The van der Waals surface area contributed by atoms with Crippen LogP contribution in [0.1, 0.15) is 31.2 Å². The van der Waals surface area contributed by atoms with Crippen LogP contribution < -0.4 is 19.5 Å². The van der Waals surface area contributed by atoms with Gasteiger partial charge in [0.15, 0.2) is 11.5 Å². The lowest BCUT2D eigenvalue weighted by Crippen LogP contribution is -2.34. The molecule has 1 heterocycles. The molecule has 1 fully saturated rings. The first-order valence-corrected chi connectivity index (χ1v) is 8.09. The van der Waals surface area contributed by atoms with E-state index in [1.54, 1.807) is 13.2 Å². The van der Waals surface area contributed by atoms with Gasteiger partial charge < -0.3 is 24.6 Å². The van der Waals surface area contributed by atoms with Crippen molar-refractivity contribution in [3.05, 3.63) is 17.7 Å². The predicted octanol–water partition coefficient (Wildman–Crippen LogP) is 1.63. The summed E-state index contributed by atoms with van der Waals surface area (Å²) in [5, 5.41) is 12.6. The summed E-state index contributed by atoms with van der Waals surface area (Å²) >= 11 is 0. The number of carbonyl (C=O) groups excluding carboxylic acids is 1. The van der Waals surface area contributed by atoms with Crippen molar-refractivity contribution in [2.75, 3.05) is 20.3 Å². The maximum atomic E-state index is 12.3. The van der Waals surface area contributed by atoms with Gasteiger partial charge in [-0.15, -0.1) is 0 Å². The highest BCUT2D eigenvalue weighted by Gasteiger charge is 2.26. The zero-order chi connectivity index (χ0) is 16.2. The summed E-state index contributed by atoms with van der Waals surface area (Å²) in [4.78, 5) is 12.3. The van der Waals surface area contributed by atoms with Gasteiger partial charge in [-0.25, -0.2) is 0 Å². The van der Waals surface area contributed by atoms with E-state index in [1.165, 1.54) is 0 Å². The van der Waals surface area contributed by atoms with Gasteiger partial charge in [-0.3, -0.25) is 4.79 Å². The molecule has 0 radical (unpaired) electrons. The molecule has 0 bridgehead atoms. The van der Waals surface area contributed by atoms with E-state index < -0.39 is 0 Å². The van der Waals surface area contributed by atoms with Crippen molar-refractivity contribution >= 4 is 5.91 Å². The van der Waals surface area contributed by atoms with Crippen LogP contribution in [0.15, 0.2) is 12.1 Å². The molecule has 2 aliphatic rings. The summed E-state index contributed by atoms with van der Waals surface area (Å²) in [5.74, 6) is 1.88. The fourth-order valence-corrected chi connectivity index (χ4v) is 3.17. The average Bonchev–Trinajstić information content (AvgIpc) is 2.58. The molecular weight excluding hydrogens is 298 g/mol. The summed E-state index contributed by atoms with van der Waals surface area (Å²) in [5.41, 5.74) is 0.849. The van der Waals surface area contributed by atoms with Crippen LogP contribution in [0.5, 0.6) is 17.2 Å². The molecule has 23 heavy (non-hydrogen) atoms. The normalized spacial score (nSPS) is 23.2. The number of benzene rings is 1. The summed E-state index contributed by atoms with van der Waals surface area (Å²) in [7, 11) is 1.59. The number of rotatable bonds is 4. The SMILES string of the molecule is COc1cc2c(cc1CNC(=O)[C@H]1CCC[C@@H](O)C1)OCCO2. The molecule has 6 heteroatoms. The van der Waals surface area contributed by atoms with Crippen LogP contribution in [0.4, 0.5) is 0 Å². The molecule has 1 aromatic rings. The Hall–Kier alpha value is -1.95. The number of methoxy groups -OCH3 is 1. The molecule has 1 aliphatic heterocycles. The van der Waals surface area contributed by atoms with Crippen LogP contribution in [-0.4, -0.2) is 37.4 Å². The first-order chi connectivity index (χ1) is 11.2. The number of aliphatic hydroxyl groups is 1. The highest BCUT2D eigenvalue weighted by molar-refractivity contribution is 5.78. The van der Waals surface area contributed by atoms with Crippen molar-refractivity contribution in [1.82, 2.24) is 5.32 Å². The number of amides is 1. The van der Waals surface area contributed by atoms with Crippen molar-refractivity contribution in [3.8, 4) is 17.2 Å². The molecule has 1 saturated carbocycles. The van der Waals surface area contributed by atoms with Crippen molar-refractivity contribution in [2.24, 2.45) is 5.92 Å². The number of aliphatic hydroxyl groups excluding tert-OH is 1. The van der Waals surface area contributed by atoms with Crippen LogP contribution >= 0.6 is 0 Å². The van der Waals surface area contributed by atoms with Gasteiger partial charge in [0.25, 0.3) is 0 Å². The number of carbonyl (C=O) groups is 1.